The summed E-state index contributed by atoms with van der Waals surface area (Å²) in [6.07, 6.45) is -0.0158. The summed E-state index contributed by atoms with van der Waals surface area (Å²) in [6, 6.07) is 13.4. The Morgan fingerprint density at radius 2 is 2.04 bits per heavy atom. The van der Waals surface area contributed by atoms with Crippen LogP contribution < -0.4 is 4.74 Å². The van der Waals surface area contributed by atoms with Crippen molar-refractivity contribution in [1.29, 1.82) is 0 Å². The lowest BCUT2D eigenvalue weighted by atomic mass is 10.1. The van der Waals surface area contributed by atoms with Crippen molar-refractivity contribution < 1.29 is 14.6 Å². The van der Waals surface area contributed by atoms with E-state index in [1.54, 1.807) is 7.11 Å². The van der Waals surface area contributed by atoms with Gasteiger partial charge in [-0.25, -0.2) is 0 Å². The quantitative estimate of drug-likeness (QED) is 0.752. The van der Waals surface area contributed by atoms with Crippen LogP contribution in [0.25, 0.3) is 10.9 Å². The van der Waals surface area contributed by atoms with Gasteiger partial charge in [-0.05, 0) is 48.4 Å². The molecule has 0 atom stereocenters. The molecule has 0 bridgehead atoms. The summed E-state index contributed by atoms with van der Waals surface area (Å²) in [5.41, 5.74) is 3.82. The van der Waals surface area contributed by atoms with Crippen molar-refractivity contribution in [2.45, 2.75) is 19.9 Å². The number of benzene rings is 2. The molecule has 1 heterocycles. The molecule has 24 heavy (non-hydrogen) atoms. The number of nitrogens with zero attached hydrogens (tertiary/aromatic N) is 1. The van der Waals surface area contributed by atoms with Crippen LogP contribution in [0.15, 0.2) is 42.5 Å². The Kier molecular flexibility index (Phi) is 4.49. The van der Waals surface area contributed by atoms with E-state index < -0.39 is 5.97 Å². The Morgan fingerprint density at radius 3 is 2.71 bits per heavy atom. The van der Waals surface area contributed by atoms with E-state index in [0.29, 0.717) is 17.3 Å². The van der Waals surface area contributed by atoms with Crippen molar-refractivity contribution >= 4 is 28.5 Å². The smallest absolute Gasteiger partial charge is 0.307 e. The van der Waals surface area contributed by atoms with Crippen LogP contribution in [0.3, 0.4) is 0 Å². The minimum atomic E-state index is -0.845. The molecule has 5 heteroatoms. The summed E-state index contributed by atoms with van der Waals surface area (Å²) >= 11 is 6.08. The summed E-state index contributed by atoms with van der Waals surface area (Å²) in [7, 11) is 1.61. The number of aromatic nitrogens is 1. The van der Waals surface area contributed by atoms with Gasteiger partial charge in [0.05, 0.1) is 13.5 Å². The predicted octanol–water partition coefficient (Wildman–Crippen LogP) is 4.29. The molecule has 0 saturated heterocycles. The monoisotopic (exact) mass is 343 g/mol. The second kappa shape index (κ2) is 6.57. The maximum Gasteiger partial charge on any atom is 0.307 e. The number of hydrogen-bond acceptors (Lipinski definition) is 2. The zero-order valence-electron chi connectivity index (χ0n) is 13.5. The molecule has 0 spiro atoms. The topological polar surface area (TPSA) is 51.5 Å². The Bertz CT molecular complexity index is 914. The van der Waals surface area contributed by atoms with Gasteiger partial charge in [-0.1, -0.05) is 23.7 Å². The molecule has 0 unspecified atom stereocenters. The molecule has 0 aliphatic heterocycles. The minimum absolute atomic E-state index is 0.0158. The molecule has 0 amide bonds. The largest absolute Gasteiger partial charge is 0.497 e. The van der Waals surface area contributed by atoms with Crippen LogP contribution in [0, 0.1) is 6.92 Å². The molecule has 3 rings (SSSR count). The van der Waals surface area contributed by atoms with E-state index in [-0.39, 0.29) is 6.42 Å². The fourth-order valence-corrected chi connectivity index (χ4v) is 3.27. The van der Waals surface area contributed by atoms with E-state index in [1.807, 2.05) is 49.4 Å². The van der Waals surface area contributed by atoms with Gasteiger partial charge in [0.25, 0.3) is 0 Å². The summed E-state index contributed by atoms with van der Waals surface area (Å²) in [6.45, 7) is 2.59. The van der Waals surface area contributed by atoms with E-state index in [9.17, 15) is 9.90 Å². The van der Waals surface area contributed by atoms with Crippen molar-refractivity contribution in [1.82, 2.24) is 4.57 Å². The van der Waals surface area contributed by atoms with E-state index in [1.165, 1.54) is 0 Å². The first-order chi connectivity index (χ1) is 11.5. The number of ether oxygens (including phenoxy) is 1. The summed E-state index contributed by atoms with van der Waals surface area (Å²) in [5.74, 6) is -0.128. The average Bonchev–Trinajstić information content (AvgIpc) is 2.79. The molecule has 0 aliphatic carbocycles. The minimum Gasteiger partial charge on any atom is -0.497 e. The molecule has 2 aromatic carbocycles. The van der Waals surface area contributed by atoms with Crippen LogP contribution >= 0.6 is 11.6 Å². The van der Waals surface area contributed by atoms with Crippen molar-refractivity contribution in [2.75, 3.05) is 7.11 Å². The first-order valence-electron chi connectivity index (χ1n) is 7.61. The van der Waals surface area contributed by atoms with Gasteiger partial charge in [0.15, 0.2) is 0 Å². The van der Waals surface area contributed by atoms with Crippen LogP contribution in [-0.2, 0) is 17.8 Å². The highest BCUT2D eigenvalue weighted by Crippen LogP contribution is 2.30. The zero-order valence-corrected chi connectivity index (χ0v) is 14.3. The van der Waals surface area contributed by atoms with Gasteiger partial charge >= 0.3 is 5.97 Å². The maximum absolute atomic E-state index is 11.3. The fraction of sp³-hybridized carbons (Fsp3) is 0.211. The Balaban J connectivity index is 2.16. The number of methoxy groups -OCH3 is 1. The third kappa shape index (κ3) is 3.10. The van der Waals surface area contributed by atoms with Gasteiger partial charge in [-0.3, -0.25) is 4.79 Å². The molecule has 0 fully saturated rings. The molecular weight excluding hydrogens is 326 g/mol. The SMILES string of the molecule is COc1ccc2c(c1)c(CC(=O)O)c(C)n2Cc1cccc(Cl)c1. The first-order valence-corrected chi connectivity index (χ1v) is 7.99. The van der Waals surface area contributed by atoms with Crippen molar-refractivity contribution in [3.63, 3.8) is 0 Å². The Morgan fingerprint density at radius 1 is 1.25 bits per heavy atom. The molecule has 1 N–H and O–H groups in total. The highest BCUT2D eigenvalue weighted by atomic mass is 35.5. The molecule has 0 saturated carbocycles. The summed E-state index contributed by atoms with van der Waals surface area (Å²) in [4.78, 5) is 11.3. The molecule has 0 aliphatic rings. The van der Waals surface area contributed by atoms with Gasteiger partial charge in [0.2, 0.25) is 0 Å². The molecule has 124 valence electrons. The van der Waals surface area contributed by atoms with Gasteiger partial charge in [0, 0.05) is 28.2 Å². The third-order valence-electron chi connectivity index (χ3n) is 4.22. The van der Waals surface area contributed by atoms with Crippen LogP contribution in [0.5, 0.6) is 5.75 Å². The summed E-state index contributed by atoms with van der Waals surface area (Å²) < 4.78 is 7.41. The molecule has 0 radical (unpaired) electrons. The van der Waals surface area contributed by atoms with Crippen LogP contribution in [0.4, 0.5) is 0 Å². The lowest BCUT2D eigenvalue weighted by Gasteiger charge is -2.09. The number of halogens is 1. The standard InChI is InChI=1S/C19H18ClNO3/c1-12-16(10-19(22)23)17-9-15(24-2)6-7-18(17)21(12)11-13-4-3-5-14(20)8-13/h3-9H,10-11H2,1-2H3,(H,22,23). The lowest BCUT2D eigenvalue weighted by molar-refractivity contribution is -0.136. The van der Waals surface area contributed by atoms with Gasteiger partial charge < -0.3 is 14.4 Å². The van der Waals surface area contributed by atoms with Crippen LogP contribution in [0.1, 0.15) is 16.8 Å². The molecule has 3 aromatic rings. The van der Waals surface area contributed by atoms with E-state index in [4.69, 9.17) is 16.3 Å². The second-order valence-electron chi connectivity index (χ2n) is 5.73. The molecular formula is C19H18ClNO3. The molecule has 4 nitrogen and oxygen atoms in total. The normalized spacial score (nSPS) is 11.0. The van der Waals surface area contributed by atoms with Crippen LogP contribution in [-0.4, -0.2) is 22.8 Å². The molecule has 1 aromatic heterocycles. The third-order valence-corrected chi connectivity index (χ3v) is 4.45. The zero-order chi connectivity index (χ0) is 17.3. The van der Waals surface area contributed by atoms with Crippen LogP contribution in [0.2, 0.25) is 5.02 Å². The van der Waals surface area contributed by atoms with Gasteiger partial charge in [0.1, 0.15) is 5.75 Å². The number of rotatable bonds is 5. The summed E-state index contributed by atoms with van der Waals surface area (Å²) in [5, 5.41) is 10.9. The van der Waals surface area contributed by atoms with Crippen molar-refractivity contribution in [3.05, 3.63) is 64.3 Å². The van der Waals surface area contributed by atoms with Gasteiger partial charge in [-0.15, -0.1) is 0 Å². The number of carboxylic acid groups (broad SMARTS) is 1. The number of hydrogen-bond donors (Lipinski definition) is 1. The number of aliphatic carboxylic acids is 1. The first kappa shape index (κ1) is 16.4. The number of fused-ring (bicyclic) bond motifs is 1. The highest BCUT2D eigenvalue weighted by molar-refractivity contribution is 6.30. The van der Waals surface area contributed by atoms with E-state index in [0.717, 1.165) is 27.7 Å². The van der Waals surface area contributed by atoms with Gasteiger partial charge in [-0.2, -0.15) is 0 Å². The lowest BCUT2D eigenvalue weighted by Crippen LogP contribution is -2.05. The van der Waals surface area contributed by atoms with E-state index in [2.05, 4.69) is 4.57 Å². The average molecular weight is 344 g/mol. The van der Waals surface area contributed by atoms with Crippen molar-refractivity contribution in [3.8, 4) is 5.75 Å². The number of carboxylic acids is 1. The predicted molar refractivity (Wildman–Crippen MR) is 95.1 cm³/mol. The van der Waals surface area contributed by atoms with E-state index >= 15 is 0 Å². The van der Waals surface area contributed by atoms with Crippen molar-refractivity contribution in [2.24, 2.45) is 0 Å². The Hall–Kier alpha value is -2.46. The highest BCUT2D eigenvalue weighted by Gasteiger charge is 2.17. The Labute approximate surface area is 145 Å². The number of carbonyl (C=O) groups is 1. The maximum atomic E-state index is 11.3. The second-order valence-corrected chi connectivity index (χ2v) is 6.17. The fourth-order valence-electron chi connectivity index (χ4n) is 3.05.